The summed E-state index contributed by atoms with van der Waals surface area (Å²) in [6.45, 7) is 1.93. The first-order chi connectivity index (χ1) is 8.91. The number of nitrogens with one attached hydrogen (secondary N) is 1. The molecule has 1 N–H and O–H groups in total. The topological polar surface area (TPSA) is 55.4 Å². The van der Waals surface area contributed by atoms with E-state index in [0.29, 0.717) is 6.42 Å². The van der Waals surface area contributed by atoms with Gasteiger partial charge in [0.15, 0.2) is 21.4 Å². The van der Waals surface area contributed by atoms with E-state index >= 15 is 0 Å². The summed E-state index contributed by atoms with van der Waals surface area (Å²) < 4.78 is 41.0. The van der Waals surface area contributed by atoms with Gasteiger partial charge in [-0.05, 0) is 31.0 Å². The third kappa shape index (κ3) is 3.45. The van der Waals surface area contributed by atoms with Crippen molar-refractivity contribution in [2.45, 2.75) is 25.4 Å². The lowest BCUT2D eigenvalue weighted by Crippen LogP contribution is -2.32. The first kappa shape index (κ1) is 14.3. The SMILES string of the molecule is COc1cc(C(C)NC2CCS(=O)(=O)C2)ccc1F. The monoisotopic (exact) mass is 287 g/mol. The smallest absolute Gasteiger partial charge is 0.165 e. The normalized spacial score (nSPS) is 23.2. The highest BCUT2D eigenvalue weighted by molar-refractivity contribution is 7.91. The second-order valence-electron chi connectivity index (χ2n) is 4.88. The number of benzene rings is 1. The van der Waals surface area contributed by atoms with Crippen molar-refractivity contribution >= 4 is 9.84 Å². The van der Waals surface area contributed by atoms with Gasteiger partial charge in [0, 0.05) is 12.1 Å². The van der Waals surface area contributed by atoms with Crippen LogP contribution in [-0.4, -0.2) is 33.1 Å². The first-order valence-electron chi connectivity index (χ1n) is 6.21. The lowest BCUT2D eigenvalue weighted by Gasteiger charge is -2.19. The minimum Gasteiger partial charge on any atom is -0.494 e. The molecule has 1 aliphatic rings. The molecule has 0 aromatic heterocycles. The second-order valence-corrected chi connectivity index (χ2v) is 7.11. The van der Waals surface area contributed by atoms with E-state index in [1.54, 1.807) is 12.1 Å². The molecule has 0 spiro atoms. The Hall–Kier alpha value is -1.14. The number of methoxy groups -OCH3 is 1. The predicted molar refractivity (Wildman–Crippen MR) is 71.6 cm³/mol. The Morgan fingerprint density at radius 2 is 2.21 bits per heavy atom. The van der Waals surface area contributed by atoms with E-state index in [1.807, 2.05) is 6.92 Å². The van der Waals surface area contributed by atoms with Crippen molar-refractivity contribution in [1.82, 2.24) is 5.32 Å². The Morgan fingerprint density at radius 3 is 2.79 bits per heavy atom. The molecule has 0 amide bonds. The van der Waals surface area contributed by atoms with Gasteiger partial charge >= 0.3 is 0 Å². The maximum atomic E-state index is 13.3. The van der Waals surface area contributed by atoms with E-state index in [9.17, 15) is 12.8 Å². The molecule has 1 fully saturated rings. The number of sulfone groups is 1. The molecule has 106 valence electrons. The summed E-state index contributed by atoms with van der Waals surface area (Å²) >= 11 is 0. The molecule has 6 heteroatoms. The predicted octanol–water partition coefficient (Wildman–Crippen LogP) is 1.67. The third-order valence-electron chi connectivity index (χ3n) is 3.39. The largest absolute Gasteiger partial charge is 0.494 e. The van der Waals surface area contributed by atoms with Gasteiger partial charge in [0.25, 0.3) is 0 Å². The lowest BCUT2D eigenvalue weighted by atomic mass is 10.1. The van der Waals surface area contributed by atoms with Crippen LogP contribution in [0.3, 0.4) is 0 Å². The van der Waals surface area contributed by atoms with Crippen LogP contribution in [0.25, 0.3) is 0 Å². The Morgan fingerprint density at radius 1 is 1.47 bits per heavy atom. The summed E-state index contributed by atoms with van der Waals surface area (Å²) in [5.41, 5.74) is 0.877. The van der Waals surface area contributed by atoms with E-state index in [-0.39, 0.29) is 29.3 Å². The molecule has 1 saturated heterocycles. The van der Waals surface area contributed by atoms with Crippen LogP contribution in [0.15, 0.2) is 18.2 Å². The summed E-state index contributed by atoms with van der Waals surface area (Å²) in [5.74, 6) is 0.215. The van der Waals surface area contributed by atoms with Crippen LogP contribution in [0.2, 0.25) is 0 Å². The van der Waals surface area contributed by atoms with Crippen molar-refractivity contribution in [2.24, 2.45) is 0 Å². The number of rotatable bonds is 4. The Kier molecular flexibility index (Phi) is 4.10. The van der Waals surface area contributed by atoms with Crippen LogP contribution in [-0.2, 0) is 9.84 Å². The molecule has 0 bridgehead atoms. The summed E-state index contributed by atoms with van der Waals surface area (Å²) in [4.78, 5) is 0. The Bertz CT molecular complexity index is 559. The molecule has 19 heavy (non-hydrogen) atoms. The van der Waals surface area contributed by atoms with Crippen molar-refractivity contribution in [3.63, 3.8) is 0 Å². The highest BCUT2D eigenvalue weighted by atomic mass is 32.2. The molecule has 1 heterocycles. The second kappa shape index (κ2) is 5.46. The van der Waals surface area contributed by atoms with Crippen LogP contribution in [0.5, 0.6) is 5.75 Å². The maximum absolute atomic E-state index is 13.3. The van der Waals surface area contributed by atoms with Gasteiger partial charge < -0.3 is 10.1 Å². The van der Waals surface area contributed by atoms with E-state index in [4.69, 9.17) is 4.74 Å². The summed E-state index contributed by atoms with van der Waals surface area (Å²) in [5, 5.41) is 3.26. The fourth-order valence-corrected chi connectivity index (χ4v) is 4.01. The van der Waals surface area contributed by atoms with E-state index < -0.39 is 15.7 Å². The molecule has 1 aliphatic heterocycles. The van der Waals surface area contributed by atoms with Crippen LogP contribution in [0.1, 0.15) is 24.9 Å². The molecule has 2 unspecified atom stereocenters. The zero-order valence-corrected chi connectivity index (χ0v) is 11.8. The molecule has 0 radical (unpaired) electrons. The molecule has 2 rings (SSSR count). The van der Waals surface area contributed by atoms with Crippen LogP contribution in [0, 0.1) is 5.82 Å². The van der Waals surface area contributed by atoms with Gasteiger partial charge in [0.2, 0.25) is 0 Å². The van der Waals surface area contributed by atoms with Gasteiger partial charge in [-0.15, -0.1) is 0 Å². The number of ether oxygens (including phenoxy) is 1. The molecule has 0 aliphatic carbocycles. The lowest BCUT2D eigenvalue weighted by molar-refractivity contribution is 0.384. The van der Waals surface area contributed by atoms with E-state index in [1.165, 1.54) is 13.2 Å². The molecular weight excluding hydrogens is 269 g/mol. The molecule has 0 saturated carbocycles. The molecule has 2 atom stereocenters. The first-order valence-corrected chi connectivity index (χ1v) is 8.03. The van der Waals surface area contributed by atoms with E-state index in [0.717, 1.165) is 5.56 Å². The van der Waals surface area contributed by atoms with Crippen LogP contribution in [0.4, 0.5) is 4.39 Å². The minimum absolute atomic E-state index is 0.0314. The van der Waals surface area contributed by atoms with Gasteiger partial charge in [-0.1, -0.05) is 6.07 Å². The summed E-state index contributed by atoms with van der Waals surface area (Å²) in [6, 6.07) is 4.59. The fraction of sp³-hybridized carbons (Fsp3) is 0.538. The summed E-state index contributed by atoms with van der Waals surface area (Å²) in [7, 11) is -1.47. The zero-order valence-electron chi connectivity index (χ0n) is 11.0. The fourth-order valence-electron chi connectivity index (χ4n) is 2.32. The average Bonchev–Trinajstić information content (AvgIpc) is 2.69. The van der Waals surface area contributed by atoms with Crippen molar-refractivity contribution in [1.29, 1.82) is 0 Å². The Balaban J connectivity index is 2.06. The van der Waals surface area contributed by atoms with Crippen LogP contribution >= 0.6 is 0 Å². The number of hydrogen-bond acceptors (Lipinski definition) is 4. The van der Waals surface area contributed by atoms with Crippen LogP contribution < -0.4 is 10.1 Å². The van der Waals surface area contributed by atoms with Gasteiger partial charge in [0.1, 0.15) is 0 Å². The molecule has 1 aromatic rings. The maximum Gasteiger partial charge on any atom is 0.165 e. The Labute approximate surface area is 112 Å². The molecular formula is C13H18FNO3S. The van der Waals surface area contributed by atoms with Gasteiger partial charge in [-0.2, -0.15) is 0 Å². The zero-order chi connectivity index (χ0) is 14.0. The van der Waals surface area contributed by atoms with Crippen molar-refractivity contribution < 1.29 is 17.5 Å². The molecule has 4 nitrogen and oxygen atoms in total. The average molecular weight is 287 g/mol. The van der Waals surface area contributed by atoms with Gasteiger partial charge in [-0.25, -0.2) is 12.8 Å². The van der Waals surface area contributed by atoms with Crippen molar-refractivity contribution in [3.8, 4) is 5.75 Å². The number of halogens is 1. The van der Waals surface area contributed by atoms with Crippen molar-refractivity contribution in [3.05, 3.63) is 29.6 Å². The molecule has 1 aromatic carbocycles. The number of hydrogen-bond donors (Lipinski definition) is 1. The third-order valence-corrected chi connectivity index (χ3v) is 5.16. The van der Waals surface area contributed by atoms with Crippen molar-refractivity contribution in [2.75, 3.05) is 18.6 Å². The minimum atomic E-state index is -2.89. The highest BCUT2D eigenvalue weighted by Gasteiger charge is 2.28. The standard InChI is InChI=1S/C13H18FNO3S/c1-9(15-11-5-6-19(16,17)8-11)10-3-4-12(14)13(7-10)18-2/h3-4,7,9,11,15H,5-6,8H2,1-2H3. The highest BCUT2D eigenvalue weighted by Crippen LogP contribution is 2.24. The summed E-state index contributed by atoms with van der Waals surface area (Å²) in [6.07, 6.45) is 0.630. The van der Waals surface area contributed by atoms with Gasteiger partial charge in [0.05, 0.1) is 18.6 Å². The van der Waals surface area contributed by atoms with Gasteiger partial charge in [-0.3, -0.25) is 0 Å². The quantitative estimate of drug-likeness (QED) is 0.915. The van der Waals surface area contributed by atoms with E-state index in [2.05, 4.69) is 5.32 Å².